The number of nitrogens with one attached hydrogen (secondary N) is 1. The van der Waals surface area contributed by atoms with Gasteiger partial charge in [0.25, 0.3) is 0 Å². The van der Waals surface area contributed by atoms with Crippen molar-refractivity contribution in [1.29, 1.82) is 0 Å². The van der Waals surface area contributed by atoms with E-state index in [4.69, 9.17) is 0 Å². The van der Waals surface area contributed by atoms with E-state index in [-0.39, 0.29) is 0 Å². The van der Waals surface area contributed by atoms with Crippen molar-refractivity contribution in [3.8, 4) is 0 Å². The van der Waals surface area contributed by atoms with E-state index in [1.165, 1.54) is 43.6 Å². The summed E-state index contributed by atoms with van der Waals surface area (Å²) in [5.74, 6) is 3.65. The van der Waals surface area contributed by atoms with Crippen LogP contribution in [0.3, 0.4) is 0 Å². The predicted octanol–water partition coefficient (Wildman–Crippen LogP) is 2.66. The fraction of sp³-hybridized carbons (Fsp3) is 1.00. The van der Waals surface area contributed by atoms with Gasteiger partial charge in [-0.25, -0.2) is 0 Å². The smallest absolute Gasteiger partial charge is 0.0189 e. The normalized spacial score (nSPS) is 37.6. The molecule has 1 N–H and O–H groups in total. The van der Waals surface area contributed by atoms with Gasteiger partial charge in [0, 0.05) is 23.6 Å². The highest BCUT2D eigenvalue weighted by molar-refractivity contribution is 7.99. The maximum atomic E-state index is 3.77. The standard InChI is InChI=1S/C11H21NS/c1-9-7-13-8-11(12-9)10-5-3-2-4-6-10/h9-12H,2-8H2,1H3. The second-order valence-electron chi connectivity index (χ2n) is 4.61. The third-order valence-electron chi connectivity index (χ3n) is 3.38. The van der Waals surface area contributed by atoms with Crippen molar-refractivity contribution in [2.75, 3.05) is 11.5 Å². The van der Waals surface area contributed by atoms with Crippen LogP contribution >= 0.6 is 11.8 Å². The Bertz CT molecular complexity index is 154. The molecule has 0 aromatic carbocycles. The Morgan fingerprint density at radius 1 is 1.08 bits per heavy atom. The first-order chi connectivity index (χ1) is 6.36. The van der Waals surface area contributed by atoms with Crippen molar-refractivity contribution >= 4 is 11.8 Å². The molecular formula is C11H21NS. The molecule has 0 aromatic heterocycles. The van der Waals surface area contributed by atoms with Crippen LogP contribution in [0.5, 0.6) is 0 Å². The third kappa shape index (κ3) is 2.63. The first-order valence-electron chi connectivity index (χ1n) is 5.70. The quantitative estimate of drug-likeness (QED) is 0.697. The van der Waals surface area contributed by atoms with Gasteiger partial charge in [-0.15, -0.1) is 0 Å². The summed E-state index contributed by atoms with van der Waals surface area (Å²) in [6.45, 7) is 2.32. The van der Waals surface area contributed by atoms with Crippen LogP contribution in [-0.4, -0.2) is 23.6 Å². The molecule has 1 saturated heterocycles. The summed E-state index contributed by atoms with van der Waals surface area (Å²) in [4.78, 5) is 0. The average molecular weight is 199 g/mol. The van der Waals surface area contributed by atoms with E-state index >= 15 is 0 Å². The van der Waals surface area contributed by atoms with Crippen molar-refractivity contribution in [2.45, 2.75) is 51.1 Å². The molecule has 0 spiro atoms. The Kier molecular flexibility index (Phi) is 3.56. The lowest BCUT2D eigenvalue weighted by Gasteiger charge is -2.36. The minimum atomic E-state index is 0.741. The van der Waals surface area contributed by atoms with Gasteiger partial charge < -0.3 is 5.32 Å². The van der Waals surface area contributed by atoms with Crippen molar-refractivity contribution in [3.63, 3.8) is 0 Å². The van der Waals surface area contributed by atoms with Gasteiger partial charge in [-0.05, 0) is 25.7 Å². The van der Waals surface area contributed by atoms with Gasteiger partial charge in [-0.2, -0.15) is 11.8 Å². The van der Waals surface area contributed by atoms with E-state index < -0.39 is 0 Å². The summed E-state index contributed by atoms with van der Waals surface area (Å²) in [6.07, 6.45) is 7.38. The molecule has 76 valence electrons. The minimum absolute atomic E-state index is 0.741. The molecule has 1 saturated carbocycles. The molecule has 2 fully saturated rings. The Hall–Kier alpha value is 0.310. The Morgan fingerprint density at radius 2 is 1.85 bits per heavy atom. The highest BCUT2D eigenvalue weighted by Gasteiger charge is 2.27. The van der Waals surface area contributed by atoms with Gasteiger partial charge in [0.05, 0.1) is 0 Å². The number of hydrogen-bond donors (Lipinski definition) is 1. The summed E-state index contributed by atoms with van der Waals surface area (Å²) < 4.78 is 0. The lowest BCUT2D eigenvalue weighted by Crippen LogP contribution is -2.48. The summed E-state index contributed by atoms with van der Waals surface area (Å²) >= 11 is 2.14. The monoisotopic (exact) mass is 199 g/mol. The Balaban J connectivity index is 1.83. The largest absolute Gasteiger partial charge is 0.310 e. The first kappa shape index (κ1) is 9.85. The van der Waals surface area contributed by atoms with Gasteiger partial charge in [-0.3, -0.25) is 0 Å². The number of thioether (sulfide) groups is 1. The molecule has 1 heterocycles. The molecule has 2 aliphatic rings. The highest BCUT2D eigenvalue weighted by atomic mass is 32.2. The van der Waals surface area contributed by atoms with Crippen LogP contribution in [-0.2, 0) is 0 Å². The Labute approximate surface area is 86.0 Å². The van der Waals surface area contributed by atoms with Gasteiger partial charge in [0.1, 0.15) is 0 Å². The molecule has 2 heteroatoms. The second kappa shape index (κ2) is 4.70. The lowest BCUT2D eigenvalue weighted by atomic mass is 9.84. The lowest BCUT2D eigenvalue weighted by molar-refractivity contribution is 0.271. The fourth-order valence-electron chi connectivity index (χ4n) is 2.64. The first-order valence-corrected chi connectivity index (χ1v) is 6.85. The van der Waals surface area contributed by atoms with Crippen LogP contribution in [0.2, 0.25) is 0 Å². The van der Waals surface area contributed by atoms with Gasteiger partial charge in [-0.1, -0.05) is 19.3 Å². The van der Waals surface area contributed by atoms with E-state index in [0.717, 1.165) is 18.0 Å². The molecule has 13 heavy (non-hydrogen) atoms. The van der Waals surface area contributed by atoms with Crippen LogP contribution < -0.4 is 5.32 Å². The minimum Gasteiger partial charge on any atom is -0.310 e. The topological polar surface area (TPSA) is 12.0 Å². The zero-order valence-corrected chi connectivity index (χ0v) is 9.41. The molecule has 1 aliphatic carbocycles. The molecule has 2 rings (SSSR count). The number of hydrogen-bond acceptors (Lipinski definition) is 2. The van der Waals surface area contributed by atoms with Gasteiger partial charge in [0.2, 0.25) is 0 Å². The van der Waals surface area contributed by atoms with Crippen LogP contribution in [0.1, 0.15) is 39.0 Å². The zero-order chi connectivity index (χ0) is 9.10. The molecule has 0 bridgehead atoms. The number of rotatable bonds is 1. The molecule has 0 aromatic rings. The molecule has 2 unspecified atom stereocenters. The molecule has 1 nitrogen and oxygen atoms in total. The Morgan fingerprint density at radius 3 is 2.54 bits per heavy atom. The molecule has 2 atom stereocenters. The summed E-state index contributed by atoms with van der Waals surface area (Å²) in [5.41, 5.74) is 0. The third-order valence-corrected chi connectivity index (χ3v) is 4.71. The van der Waals surface area contributed by atoms with Gasteiger partial charge >= 0.3 is 0 Å². The molecule has 1 aliphatic heterocycles. The summed E-state index contributed by atoms with van der Waals surface area (Å²) in [7, 11) is 0. The summed E-state index contributed by atoms with van der Waals surface area (Å²) in [6, 6.07) is 1.57. The van der Waals surface area contributed by atoms with Crippen molar-refractivity contribution in [2.24, 2.45) is 5.92 Å². The van der Waals surface area contributed by atoms with Crippen molar-refractivity contribution in [3.05, 3.63) is 0 Å². The molecular weight excluding hydrogens is 178 g/mol. The van der Waals surface area contributed by atoms with Crippen LogP contribution in [0.15, 0.2) is 0 Å². The molecule has 0 radical (unpaired) electrons. The van der Waals surface area contributed by atoms with E-state index in [1.807, 2.05) is 0 Å². The van der Waals surface area contributed by atoms with Crippen LogP contribution in [0, 0.1) is 5.92 Å². The van der Waals surface area contributed by atoms with Crippen molar-refractivity contribution < 1.29 is 0 Å². The van der Waals surface area contributed by atoms with Crippen LogP contribution in [0.4, 0.5) is 0 Å². The zero-order valence-electron chi connectivity index (χ0n) is 8.59. The van der Waals surface area contributed by atoms with E-state index in [0.29, 0.717) is 0 Å². The summed E-state index contributed by atoms with van der Waals surface area (Å²) in [5, 5.41) is 3.77. The average Bonchev–Trinajstić information content (AvgIpc) is 2.19. The van der Waals surface area contributed by atoms with E-state index in [9.17, 15) is 0 Å². The van der Waals surface area contributed by atoms with Crippen molar-refractivity contribution in [1.82, 2.24) is 5.32 Å². The van der Waals surface area contributed by atoms with E-state index in [1.54, 1.807) is 0 Å². The second-order valence-corrected chi connectivity index (χ2v) is 5.68. The van der Waals surface area contributed by atoms with Gasteiger partial charge in [0.15, 0.2) is 0 Å². The predicted molar refractivity (Wildman–Crippen MR) is 60.3 cm³/mol. The van der Waals surface area contributed by atoms with Crippen LogP contribution in [0.25, 0.3) is 0 Å². The van der Waals surface area contributed by atoms with E-state index in [2.05, 4.69) is 24.0 Å². The SMILES string of the molecule is CC1CSCC(C2CCCCC2)N1. The molecule has 0 amide bonds. The highest BCUT2D eigenvalue weighted by Crippen LogP contribution is 2.29. The maximum Gasteiger partial charge on any atom is 0.0189 e. The fourth-order valence-corrected chi connectivity index (χ4v) is 3.85. The maximum absolute atomic E-state index is 3.77.